The van der Waals surface area contributed by atoms with E-state index in [0.717, 1.165) is 37.1 Å². The lowest BCUT2D eigenvalue weighted by Crippen LogP contribution is -2.27. The Kier molecular flexibility index (Phi) is 5.11. The monoisotopic (exact) mass is 278 g/mol. The van der Waals surface area contributed by atoms with Crippen molar-refractivity contribution in [3.63, 3.8) is 0 Å². The zero-order valence-corrected chi connectivity index (χ0v) is 11.8. The molecular formula is C13H22N6O. The van der Waals surface area contributed by atoms with Gasteiger partial charge in [0.1, 0.15) is 18.0 Å². The maximum atomic E-state index is 11.6. The van der Waals surface area contributed by atoms with E-state index in [1.807, 2.05) is 0 Å². The Balaban J connectivity index is 1.88. The van der Waals surface area contributed by atoms with Crippen molar-refractivity contribution in [1.29, 1.82) is 0 Å². The number of nitrogens with one attached hydrogen (secondary N) is 3. The molecule has 110 valence electrons. The summed E-state index contributed by atoms with van der Waals surface area (Å²) in [5, 5.41) is 6.15. The molecule has 1 saturated carbocycles. The minimum atomic E-state index is 0.0864. The van der Waals surface area contributed by atoms with Gasteiger partial charge in [-0.1, -0.05) is 13.3 Å². The predicted molar refractivity (Wildman–Crippen MR) is 78.1 cm³/mol. The second kappa shape index (κ2) is 7.04. The number of hydrazine groups is 1. The molecule has 7 heteroatoms. The fourth-order valence-corrected chi connectivity index (χ4v) is 2.00. The lowest BCUT2D eigenvalue weighted by atomic mass is 10.1. The lowest BCUT2D eigenvalue weighted by molar-refractivity contribution is -0.120. The summed E-state index contributed by atoms with van der Waals surface area (Å²) in [5.74, 6) is 6.92. The fourth-order valence-electron chi connectivity index (χ4n) is 2.00. The van der Waals surface area contributed by atoms with Crippen LogP contribution in [0.2, 0.25) is 0 Å². The van der Waals surface area contributed by atoms with Gasteiger partial charge in [0, 0.05) is 24.6 Å². The smallest absolute Gasteiger partial charge is 0.221 e. The number of hydrogen-bond acceptors (Lipinski definition) is 6. The van der Waals surface area contributed by atoms with Gasteiger partial charge in [-0.3, -0.25) is 4.79 Å². The van der Waals surface area contributed by atoms with Crippen molar-refractivity contribution in [1.82, 2.24) is 15.3 Å². The van der Waals surface area contributed by atoms with Crippen molar-refractivity contribution in [2.24, 2.45) is 5.84 Å². The number of nitrogens with zero attached hydrogens (tertiary/aromatic N) is 2. The van der Waals surface area contributed by atoms with Crippen LogP contribution < -0.4 is 21.9 Å². The molecule has 0 atom stereocenters. The molecule has 0 spiro atoms. The molecule has 0 saturated heterocycles. The summed E-state index contributed by atoms with van der Waals surface area (Å²) < 4.78 is 0. The molecule has 0 aromatic carbocycles. The summed E-state index contributed by atoms with van der Waals surface area (Å²) in [6.07, 6.45) is 5.92. The maximum Gasteiger partial charge on any atom is 0.221 e. The van der Waals surface area contributed by atoms with Crippen molar-refractivity contribution >= 4 is 17.5 Å². The van der Waals surface area contributed by atoms with Crippen LogP contribution in [-0.2, 0) is 11.2 Å². The molecule has 5 N–H and O–H groups in total. The first-order chi connectivity index (χ1) is 9.74. The molecule has 1 fully saturated rings. The first kappa shape index (κ1) is 14.5. The first-order valence-electron chi connectivity index (χ1n) is 7.08. The number of carbonyl (C=O) groups excluding carboxylic acids is 1. The van der Waals surface area contributed by atoms with E-state index in [9.17, 15) is 4.79 Å². The third-order valence-corrected chi connectivity index (χ3v) is 3.17. The zero-order valence-electron chi connectivity index (χ0n) is 11.8. The van der Waals surface area contributed by atoms with Gasteiger partial charge in [0.25, 0.3) is 0 Å². The van der Waals surface area contributed by atoms with Gasteiger partial charge < -0.3 is 16.1 Å². The number of nitrogens with two attached hydrogens (primary N) is 1. The summed E-state index contributed by atoms with van der Waals surface area (Å²) in [7, 11) is 0. The highest BCUT2D eigenvalue weighted by atomic mass is 16.1. The number of anilines is 2. The van der Waals surface area contributed by atoms with E-state index < -0.39 is 0 Å². The second-order valence-corrected chi connectivity index (χ2v) is 4.96. The number of hydrogen-bond donors (Lipinski definition) is 4. The van der Waals surface area contributed by atoms with E-state index in [-0.39, 0.29) is 5.91 Å². The Morgan fingerprint density at radius 3 is 2.80 bits per heavy atom. The highest BCUT2D eigenvalue weighted by Gasteiger charge is 2.22. The Morgan fingerprint density at radius 1 is 1.40 bits per heavy atom. The van der Waals surface area contributed by atoms with Crippen molar-refractivity contribution in [3.05, 3.63) is 11.9 Å². The predicted octanol–water partition coefficient (Wildman–Crippen LogP) is 0.795. The quantitative estimate of drug-likeness (QED) is 0.414. The summed E-state index contributed by atoms with van der Waals surface area (Å²) in [6, 6.07) is 0.408. The molecule has 1 aliphatic carbocycles. The number of aromatic nitrogens is 2. The van der Waals surface area contributed by atoms with E-state index in [0.29, 0.717) is 24.8 Å². The van der Waals surface area contributed by atoms with Crippen molar-refractivity contribution < 1.29 is 4.79 Å². The van der Waals surface area contributed by atoms with E-state index in [4.69, 9.17) is 5.84 Å². The summed E-state index contributed by atoms with van der Waals surface area (Å²) in [4.78, 5) is 19.9. The van der Waals surface area contributed by atoms with Crippen LogP contribution >= 0.6 is 0 Å². The Hall–Kier alpha value is -1.89. The van der Waals surface area contributed by atoms with Gasteiger partial charge in [-0.25, -0.2) is 15.8 Å². The van der Waals surface area contributed by atoms with Crippen LogP contribution in [0.25, 0.3) is 0 Å². The lowest BCUT2D eigenvalue weighted by Gasteiger charge is -2.13. The molecular weight excluding hydrogens is 256 g/mol. The highest BCUT2D eigenvalue weighted by Crippen LogP contribution is 2.21. The largest absolute Gasteiger partial charge is 0.369 e. The number of nitrogen functional groups attached to an aromatic ring is 1. The van der Waals surface area contributed by atoms with Crippen LogP contribution in [0.4, 0.5) is 11.6 Å². The normalized spacial score (nSPS) is 13.9. The molecule has 0 radical (unpaired) electrons. The topological polar surface area (TPSA) is 105 Å². The first-order valence-corrected chi connectivity index (χ1v) is 7.08. The molecule has 1 aliphatic rings. The van der Waals surface area contributed by atoms with Gasteiger partial charge in [0.15, 0.2) is 0 Å². The fraction of sp³-hybridized carbons (Fsp3) is 0.615. The second-order valence-electron chi connectivity index (χ2n) is 4.96. The molecule has 0 aliphatic heterocycles. The SMILES string of the molecule is CCCc1c(NN)ncnc1NCCC(=O)NC1CC1. The molecule has 2 rings (SSSR count). The minimum absolute atomic E-state index is 0.0864. The molecule has 1 heterocycles. The minimum Gasteiger partial charge on any atom is -0.369 e. The Labute approximate surface area is 118 Å². The van der Waals surface area contributed by atoms with E-state index in [2.05, 4.69) is 33.0 Å². The number of amides is 1. The van der Waals surface area contributed by atoms with Crippen molar-refractivity contribution in [2.45, 2.75) is 45.1 Å². The van der Waals surface area contributed by atoms with E-state index in [1.165, 1.54) is 6.33 Å². The van der Waals surface area contributed by atoms with Crippen LogP contribution in [0.3, 0.4) is 0 Å². The van der Waals surface area contributed by atoms with Gasteiger partial charge >= 0.3 is 0 Å². The van der Waals surface area contributed by atoms with Gasteiger partial charge in [-0.05, 0) is 19.3 Å². The van der Waals surface area contributed by atoms with Gasteiger partial charge in [-0.15, -0.1) is 0 Å². The van der Waals surface area contributed by atoms with Crippen LogP contribution in [0.5, 0.6) is 0 Å². The van der Waals surface area contributed by atoms with Crippen LogP contribution in [0.15, 0.2) is 6.33 Å². The van der Waals surface area contributed by atoms with E-state index in [1.54, 1.807) is 0 Å². The molecule has 7 nitrogen and oxygen atoms in total. The highest BCUT2D eigenvalue weighted by molar-refractivity contribution is 5.77. The number of carbonyl (C=O) groups is 1. The molecule has 0 unspecified atom stereocenters. The Morgan fingerprint density at radius 2 is 2.15 bits per heavy atom. The summed E-state index contributed by atoms with van der Waals surface area (Å²) >= 11 is 0. The van der Waals surface area contributed by atoms with Crippen molar-refractivity contribution in [3.8, 4) is 0 Å². The summed E-state index contributed by atoms with van der Waals surface area (Å²) in [6.45, 7) is 2.64. The van der Waals surface area contributed by atoms with Gasteiger partial charge in [0.05, 0.1) is 0 Å². The zero-order chi connectivity index (χ0) is 14.4. The molecule has 20 heavy (non-hydrogen) atoms. The van der Waals surface area contributed by atoms with Gasteiger partial charge in [0.2, 0.25) is 5.91 Å². The Bertz CT molecular complexity index is 460. The molecule has 1 aromatic heterocycles. The summed E-state index contributed by atoms with van der Waals surface area (Å²) in [5.41, 5.74) is 3.54. The standard InChI is InChI=1S/C13H22N6O/c1-2-3-10-12(16-8-17-13(10)19-14)15-7-6-11(20)18-9-4-5-9/h8-9H,2-7,14H2,1H3,(H,18,20)(H2,15,16,17,19). The van der Waals surface area contributed by atoms with E-state index >= 15 is 0 Å². The number of rotatable bonds is 8. The molecule has 1 amide bonds. The molecule has 0 bridgehead atoms. The van der Waals surface area contributed by atoms with Crippen LogP contribution in [-0.4, -0.2) is 28.5 Å². The van der Waals surface area contributed by atoms with Crippen LogP contribution in [0.1, 0.15) is 38.2 Å². The third-order valence-electron chi connectivity index (χ3n) is 3.17. The maximum absolute atomic E-state index is 11.6. The average molecular weight is 278 g/mol. The van der Waals surface area contributed by atoms with Gasteiger partial charge in [-0.2, -0.15) is 0 Å². The molecule has 1 aromatic rings. The van der Waals surface area contributed by atoms with Crippen molar-refractivity contribution in [2.75, 3.05) is 17.3 Å². The average Bonchev–Trinajstić information content (AvgIpc) is 3.24. The third kappa shape index (κ3) is 4.06. The van der Waals surface area contributed by atoms with Crippen LogP contribution in [0, 0.1) is 0 Å².